The van der Waals surface area contributed by atoms with E-state index in [1.807, 2.05) is 56.3 Å². The molecule has 0 radical (unpaired) electrons. The SMILES string of the molecule is CO[C@@H]1[C@H]2OC(C)(C)O[C@H]2O[C@@H]1/C=C\c1ccccc1. The van der Waals surface area contributed by atoms with E-state index in [4.69, 9.17) is 18.9 Å². The van der Waals surface area contributed by atoms with Crippen LogP contribution in [0.1, 0.15) is 19.4 Å². The number of hydrogen-bond donors (Lipinski definition) is 0. The van der Waals surface area contributed by atoms with Crippen LogP contribution in [-0.2, 0) is 18.9 Å². The average Bonchev–Trinajstić information content (AvgIpc) is 2.88. The van der Waals surface area contributed by atoms with Crippen LogP contribution in [0, 0.1) is 0 Å². The zero-order chi connectivity index (χ0) is 14.2. The van der Waals surface area contributed by atoms with Gasteiger partial charge in [-0.15, -0.1) is 0 Å². The predicted molar refractivity (Wildman–Crippen MR) is 75.0 cm³/mol. The second-order valence-corrected chi connectivity index (χ2v) is 5.54. The highest BCUT2D eigenvalue weighted by Gasteiger charge is 2.54. The largest absolute Gasteiger partial charge is 0.375 e. The van der Waals surface area contributed by atoms with E-state index in [0.29, 0.717) is 0 Å². The Hall–Kier alpha value is -1.20. The van der Waals surface area contributed by atoms with E-state index < -0.39 is 5.79 Å². The fraction of sp³-hybridized carbons (Fsp3) is 0.500. The molecule has 20 heavy (non-hydrogen) atoms. The summed E-state index contributed by atoms with van der Waals surface area (Å²) in [6.45, 7) is 3.77. The summed E-state index contributed by atoms with van der Waals surface area (Å²) in [6.07, 6.45) is 3.18. The van der Waals surface area contributed by atoms with E-state index in [1.165, 1.54) is 0 Å². The van der Waals surface area contributed by atoms with E-state index in [0.717, 1.165) is 5.56 Å². The van der Waals surface area contributed by atoms with Gasteiger partial charge < -0.3 is 18.9 Å². The van der Waals surface area contributed by atoms with Gasteiger partial charge >= 0.3 is 0 Å². The number of methoxy groups -OCH3 is 1. The van der Waals surface area contributed by atoms with Crippen LogP contribution in [0.15, 0.2) is 36.4 Å². The van der Waals surface area contributed by atoms with Crippen molar-refractivity contribution in [2.75, 3.05) is 7.11 Å². The summed E-state index contributed by atoms with van der Waals surface area (Å²) in [6, 6.07) is 10.1. The topological polar surface area (TPSA) is 36.9 Å². The Balaban J connectivity index is 1.72. The number of ether oxygens (including phenoxy) is 4. The van der Waals surface area contributed by atoms with E-state index in [9.17, 15) is 0 Å². The van der Waals surface area contributed by atoms with Crippen molar-refractivity contribution in [1.29, 1.82) is 0 Å². The molecule has 1 aromatic rings. The minimum atomic E-state index is -0.611. The number of benzene rings is 1. The third-order valence-corrected chi connectivity index (χ3v) is 3.58. The van der Waals surface area contributed by atoms with Gasteiger partial charge in [0, 0.05) is 7.11 Å². The number of rotatable bonds is 3. The standard InChI is InChI=1S/C16H20O4/c1-16(2)19-14-13(17-3)12(18-15(14)20-16)10-9-11-7-5-4-6-8-11/h4-10,12-15H,1-3H3/b10-9-/t12-,13+,14-,15-/m1/s1. The van der Waals surface area contributed by atoms with Gasteiger partial charge in [0.1, 0.15) is 18.3 Å². The summed E-state index contributed by atoms with van der Waals surface area (Å²) in [5.74, 6) is -0.611. The maximum Gasteiger partial charge on any atom is 0.190 e. The van der Waals surface area contributed by atoms with E-state index in [-0.39, 0.29) is 24.6 Å². The van der Waals surface area contributed by atoms with Crippen molar-refractivity contribution < 1.29 is 18.9 Å². The van der Waals surface area contributed by atoms with Crippen LogP contribution >= 0.6 is 0 Å². The molecule has 108 valence electrons. The van der Waals surface area contributed by atoms with Gasteiger partial charge in [-0.3, -0.25) is 0 Å². The molecule has 0 amide bonds. The minimum Gasteiger partial charge on any atom is -0.375 e. The van der Waals surface area contributed by atoms with Crippen molar-refractivity contribution in [2.45, 2.75) is 44.2 Å². The Morgan fingerprint density at radius 2 is 1.90 bits per heavy atom. The van der Waals surface area contributed by atoms with Crippen LogP contribution in [0.2, 0.25) is 0 Å². The van der Waals surface area contributed by atoms with Gasteiger partial charge in [-0.1, -0.05) is 42.5 Å². The highest BCUT2D eigenvalue weighted by molar-refractivity contribution is 5.49. The molecule has 1 aromatic carbocycles. The van der Waals surface area contributed by atoms with Crippen molar-refractivity contribution in [1.82, 2.24) is 0 Å². The minimum absolute atomic E-state index is 0.151. The molecule has 3 rings (SSSR count). The molecular formula is C16H20O4. The summed E-state index contributed by atoms with van der Waals surface area (Å²) in [4.78, 5) is 0. The van der Waals surface area contributed by atoms with Crippen molar-refractivity contribution >= 4 is 6.08 Å². The Bertz CT molecular complexity index is 483. The van der Waals surface area contributed by atoms with Crippen molar-refractivity contribution in [3.05, 3.63) is 42.0 Å². The van der Waals surface area contributed by atoms with Gasteiger partial charge in [-0.05, 0) is 19.4 Å². The number of fused-ring (bicyclic) bond motifs is 1. The molecule has 2 aliphatic rings. The van der Waals surface area contributed by atoms with Gasteiger partial charge in [0.2, 0.25) is 0 Å². The second-order valence-electron chi connectivity index (χ2n) is 5.54. The summed E-state index contributed by atoms with van der Waals surface area (Å²) in [5, 5.41) is 0. The molecule has 0 unspecified atom stereocenters. The molecule has 2 heterocycles. The van der Waals surface area contributed by atoms with Gasteiger partial charge in [0.25, 0.3) is 0 Å². The Kier molecular flexibility index (Phi) is 3.65. The first-order valence-corrected chi connectivity index (χ1v) is 6.86. The molecule has 2 saturated heterocycles. The van der Waals surface area contributed by atoms with E-state index >= 15 is 0 Å². The highest BCUT2D eigenvalue weighted by Crippen LogP contribution is 2.38. The van der Waals surface area contributed by atoms with Gasteiger partial charge in [-0.25, -0.2) is 0 Å². The molecule has 4 nitrogen and oxygen atoms in total. The van der Waals surface area contributed by atoms with Crippen LogP contribution in [-0.4, -0.2) is 37.5 Å². The van der Waals surface area contributed by atoms with Crippen LogP contribution in [0.5, 0.6) is 0 Å². The van der Waals surface area contributed by atoms with Crippen LogP contribution in [0.25, 0.3) is 6.08 Å². The van der Waals surface area contributed by atoms with Crippen molar-refractivity contribution in [2.24, 2.45) is 0 Å². The zero-order valence-corrected chi connectivity index (χ0v) is 12.0. The Labute approximate surface area is 119 Å². The first kappa shape index (κ1) is 13.8. The molecule has 4 atom stereocenters. The van der Waals surface area contributed by atoms with Crippen molar-refractivity contribution in [3.63, 3.8) is 0 Å². The first-order valence-electron chi connectivity index (χ1n) is 6.86. The molecule has 2 fully saturated rings. The normalized spacial score (nSPS) is 35.5. The van der Waals surface area contributed by atoms with Crippen LogP contribution in [0.3, 0.4) is 0 Å². The molecule has 0 saturated carbocycles. The summed E-state index contributed by atoms with van der Waals surface area (Å²) >= 11 is 0. The lowest BCUT2D eigenvalue weighted by Gasteiger charge is -2.23. The summed E-state index contributed by atoms with van der Waals surface area (Å²) in [7, 11) is 1.68. The molecule has 0 spiro atoms. The van der Waals surface area contributed by atoms with Crippen LogP contribution in [0.4, 0.5) is 0 Å². The number of hydrogen-bond acceptors (Lipinski definition) is 4. The summed E-state index contributed by atoms with van der Waals surface area (Å²) in [5.41, 5.74) is 1.13. The maximum absolute atomic E-state index is 5.89. The monoisotopic (exact) mass is 276 g/mol. The fourth-order valence-corrected chi connectivity index (χ4v) is 2.70. The second kappa shape index (κ2) is 5.30. The highest BCUT2D eigenvalue weighted by atomic mass is 16.8. The first-order chi connectivity index (χ1) is 9.59. The average molecular weight is 276 g/mol. The third kappa shape index (κ3) is 2.65. The lowest BCUT2D eigenvalue weighted by atomic mass is 10.1. The Morgan fingerprint density at radius 3 is 2.60 bits per heavy atom. The molecule has 0 bridgehead atoms. The molecule has 2 aliphatic heterocycles. The van der Waals surface area contributed by atoms with E-state index in [1.54, 1.807) is 7.11 Å². The lowest BCUT2D eigenvalue weighted by molar-refractivity contribution is -0.210. The van der Waals surface area contributed by atoms with Gasteiger partial charge in [0.05, 0.1) is 0 Å². The molecule has 0 aromatic heterocycles. The quantitative estimate of drug-likeness (QED) is 0.850. The summed E-state index contributed by atoms with van der Waals surface area (Å²) < 4.78 is 23.0. The zero-order valence-electron chi connectivity index (χ0n) is 12.0. The molecule has 0 aliphatic carbocycles. The predicted octanol–water partition coefficient (Wildman–Crippen LogP) is 2.59. The lowest BCUT2D eigenvalue weighted by Crippen LogP contribution is -2.35. The van der Waals surface area contributed by atoms with Crippen LogP contribution < -0.4 is 0 Å². The smallest absolute Gasteiger partial charge is 0.190 e. The third-order valence-electron chi connectivity index (χ3n) is 3.58. The van der Waals surface area contributed by atoms with Gasteiger partial charge in [0.15, 0.2) is 12.1 Å². The molecule has 4 heteroatoms. The molecular weight excluding hydrogens is 256 g/mol. The van der Waals surface area contributed by atoms with E-state index in [2.05, 4.69) is 0 Å². The van der Waals surface area contributed by atoms with Crippen molar-refractivity contribution in [3.8, 4) is 0 Å². The molecule has 0 N–H and O–H groups in total. The fourth-order valence-electron chi connectivity index (χ4n) is 2.70. The Morgan fingerprint density at radius 1 is 1.15 bits per heavy atom. The van der Waals surface area contributed by atoms with Gasteiger partial charge in [-0.2, -0.15) is 0 Å². The maximum atomic E-state index is 5.89.